The summed E-state index contributed by atoms with van der Waals surface area (Å²) in [6.07, 6.45) is 1.75. The fraction of sp³-hybridized carbons (Fsp3) is 0.385. The molecule has 1 unspecified atom stereocenters. The van der Waals surface area contributed by atoms with Crippen molar-refractivity contribution in [2.75, 3.05) is 0 Å². The van der Waals surface area contributed by atoms with Gasteiger partial charge in [-0.2, -0.15) is 0 Å². The van der Waals surface area contributed by atoms with Gasteiger partial charge < -0.3 is 5.73 Å². The van der Waals surface area contributed by atoms with Gasteiger partial charge in [0.05, 0.1) is 10.6 Å². The maximum absolute atomic E-state index is 6.25. The average molecular weight is 247 g/mol. The summed E-state index contributed by atoms with van der Waals surface area (Å²) in [7, 11) is 0. The summed E-state index contributed by atoms with van der Waals surface area (Å²) in [6.45, 7) is 4.20. The number of aromatic nitrogens is 2. The van der Waals surface area contributed by atoms with E-state index >= 15 is 0 Å². The molecule has 90 valence electrons. The van der Waals surface area contributed by atoms with Crippen molar-refractivity contribution >= 4 is 11.5 Å². The average Bonchev–Trinajstić information content (AvgIpc) is 2.80. The van der Waals surface area contributed by atoms with E-state index in [1.807, 2.05) is 0 Å². The lowest BCUT2D eigenvalue weighted by Gasteiger charge is -2.12. The number of benzene rings is 1. The highest BCUT2D eigenvalue weighted by Crippen LogP contribution is 2.23. The number of aryl methyl sites for hydroxylation is 2. The van der Waals surface area contributed by atoms with E-state index in [0.717, 1.165) is 23.4 Å². The summed E-state index contributed by atoms with van der Waals surface area (Å²) in [5.41, 5.74) is 9.88. The first-order valence-corrected chi connectivity index (χ1v) is 6.61. The maximum Gasteiger partial charge on any atom is 0.0801 e. The van der Waals surface area contributed by atoms with Crippen molar-refractivity contribution < 1.29 is 0 Å². The molecular formula is C13H17N3S. The molecule has 1 atom stereocenters. The number of hydrogen-bond donors (Lipinski definition) is 1. The predicted molar refractivity (Wildman–Crippen MR) is 71.1 cm³/mol. The molecule has 4 heteroatoms. The summed E-state index contributed by atoms with van der Waals surface area (Å²) in [4.78, 5) is 1.12. The van der Waals surface area contributed by atoms with E-state index < -0.39 is 0 Å². The van der Waals surface area contributed by atoms with Crippen molar-refractivity contribution in [1.29, 1.82) is 0 Å². The van der Waals surface area contributed by atoms with Gasteiger partial charge in [0.1, 0.15) is 0 Å². The van der Waals surface area contributed by atoms with E-state index in [1.165, 1.54) is 22.7 Å². The Kier molecular flexibility index (Phi) is 3.86. The Labute approximate surface area is 106 Å². The van der Waals surface area contributed by atoms with Crippen LogP contribution in [0.5, 0.6) is 0 Å². The Bertz CT molecular complexity index is 493. The third-order valence-corrected chi connectivity index (χ3v) is 3.86. The minimum absolute atomic E-state index is 0.00560. The van der Waals surface area contributed by atoms with Gasteiger partial charge in [0, 0.05) is 6.04 Å². The van der Waals surface area contributed by atoms with E-state index in [9.17, 15) is 0 Å². The lowest BCUT2D eigenvalue weighted by molar-refractivity contribution is 0.719. The molecule has 2 N–H and O–H groups in total. The first-order valence-electron chi connectivity index (χ1n) is 5.83. The predicted octanol–water partition coefficient (Wildman–Crippen LogP) is 2.65. The van der Waals surface area contributed by atoms with E-state index in [0.29, 0.717) is 0 Å². The van der Waals surface area contributed by atoms with E-state index in [1.54, 1.807) is 0 Å². The first kappa shape index (κ1) is 12.2. The van der Waals surface area contributed by atoms with Gasteiger partial charge in [0.15, 0.2) is 0 Å². The number of nitrogens with two attached hydrogens (primary N) is 1. The summed E-state index contributed by atoms with van der Waals surface area (Å²) in [6, 6.07) is 8.37. The fourth-order valence-electron chi connectivity index (χ4n) is 1.91. The van der Waals surface area contributed by atoms with Crippen LogP contribution in [0, 0.1) is 6.92 Å². The monoisotopic (exact) mass is 247 g/mol. The molecule has 2 aromatic rings. The second-order valence-corrected chi connectivity index (χ2v) is 4.96. The van der Waals surface area contributed by atoms with Gasteiger partial charge in [-0.05, 0) is 42.4 Å². The minimum Gasteiger partial charge on any atom is -0.323 e. The molecule has 0 aliphatic carbocycles. The van der Waals surface area contributed by atoms with Crippen LogP contribution >= 0.6 is 11.5 Å². The van der Waals surface area contributed by atoms with Crippen molar-refractivity contribution in [2.24, 2.45) is 5.73 Å². The molecule has 0 amide bonds. The van der Waals surface area contributed by atoms with Crippen molar-refractivity contribution in [3.63, 3.8) is 0 Å². The summed E-state index contributed by atoms with van der Waals surface area (Å²) in [5.74, 6) is 0. The Morgan fingerprint density at radius 2 is 2.12 bits per heavy atom. The van der Waals surface area contributed by atoms with E-state index in [4.69, 9.17) is 5.73 Å². The summed E-state index contributed by atoms with van der Waals surface area (Å²) < 4.78 is 3.99. The van der Waals surface area contributed by atoms with Gasteiger partial charge in [-0.25, -0.2) is 0 Å². The second-order valence-electron chi connectivity index (χ2n) is 4.17. The zero-order chi connectivity index (χ0) is 12.3. The second kappa shape index (κ2) is 5.38. The first-order chi connectivity index (χ1) is 8.22. The van der Waals surface area contributed by atoms with E-state index in [-0.39, 0.29) is 6.04 Å². The van der Waals surface area contributed by atoms with Gasteiger partial charge in [0.25, 0.3) is 0 Å². The molecule has 1 aromatic heterocycles. The van der Waals surface area contributed by atoms with Crippen LogP contribution in [0.25, 0.3) is 0 Å². The standard InChI is InChI=1S/C13H17N3S/c1-3-12-13(17-16-15-12)11(14)8-10-7-5-4-6-9(10)2/h4-7,11H,3,8,14H2,1-2H3. The zero-order valence-electron chi connectivity index (χ0n) is 10.2. The maximum atomic E-state index is 6.25. The third kappa shape index (κ3) is 2.70. The molecule has 0 aliphatic rings. The highest BCUT2D eigenvalue weighted by Gasteiger charge is 2.15. The highest BCUT2D eigenvalue weighted by molar-refractivity contribution is 7.05. The van der Waals surface area contributed by atoms with Gasteiger partial charge in [-0.1, -0.05) is 35.7 Å². The van der Waals surface area contributed by atoms with Crippen molar-refractivity contribution in [1.82, 2.24) is 9.59 Å². The van der Waals surface area contributed by atoms with Crippen molar-refractivity contribution in [3.05, 3.63) is 46.0 Å². The summed E-state index contributed by atoms with van der Waals surface area (Å²) in [5, 5.41) is 4.11. The van der Waals surface area contributed by atoms with Crippen LogP contribution in [0.15, 0.2) is 24.3 Å². The highest BCUT2D eigenvalue weighted by atomic mass is 32.1. The van der Waals surface area contributed by atoms with Crippen LogP contribution in [-0.4, -0.2) is 9.59 Å². The van der Waals surface area contributed by atoms with Crippen LogP contribution in [-0.2, 0) is 12.8 Å². The van der Waals surface area contributed by atoms with Gasteiger partial charge in [-0.15, -0.1) is 5.10 Å². The molecule has 0 saturated carbocycles. The quantitative estimate of drug-likeness (QED) is 0.903. The molecule has 0 aliphatic heterocycles. The van der Waals surface area contributed by atoms with Crippen molar-refractivity contribution in [2.45, 2.75) is 32.7 Å². The molecule has 0 fully saturated rings. The lowest BCUT2D eigenvalue weighted by atomic mass is 10.00. The van der Waals surface area contributed by atoms with Gasteiger partial charge >= 0.3 is 0 Å². The normalized spacial score (nSPS) is 12.6. The Morgan fingerprint density at radius 1 is 1.35 bits per heavy atom. The Hall–Kier alpha value is -1.26. The molecule has 0 saturated heterocycles. The number of hydrogen-bond acceptors (Lipinski definition) is 4. The fourth-order valence-corrected chi connectivity index (χ4v) is 2.65. The zero-order valence-corrected chi connectivity index (χ0v) is 11.0. The molecule has 1 aromatic carbocycles. The molecule has 1 heterocycles. The van der Waals surface area contributed by atoms with E-state index in [2.05, 4.69) is 47.7 Å². The molecular weight excluding hydrogens is 230 g/mol. The molecule has 2 rings (SSSR count). The Morgan fingerprint density at radius 3 is 2.82 bits per heavy atom. The summed E-state index contributed by atoms with van der Waals surface area (Å²) >= 11 is 1.42. The van der Waals surface area contributed by atoms with Crippen LogP contribution in [0.3, 0.4) is 0 Å². The van der Waals surface area contributed by atoms with Crippen LogP contribution in [0.2, 0.25) is 0 Å². The lowest BCUT2D eigenvalue weighted by Crippen LogP contribution is -2.14. The van der Waals surface area contributed by atoms with Gasteiger partial charge in [-0.3, -0.25) is 0 Å². The smallest absolute Gasteiger partial charge is 0.0801 e. The Balaban J connectivity index is 2.17. The molecule has 0 radical (unpaired) electrons. The number of nitrogens with zero attached hydrogens (tertiary/aromatic N) is 2. The minimum atomic E-state index is 0.00560. The molecule has 0 spiro atoms. The van der Waals surface area contributed by atoms with Crippen LogP contribution in [0.4, 0.5) is 0 Å². The SMILES string of the molecule is CCc1nnsc1C(N)Cc1ccccc1C. The number of rotatable bonds is 4. The van der Waals surface area contributed by atoms with Crippen molar-refractivity contribution in [3.8, 4) is 0 Å². The van der Waals surface area contributed by atoms with Crippen LogP contribution < -0.4 is 5.73 Å². The molecule has 0 bridgehead atoms. The topological polar surface area (TPSA) is 51.8 Å². The molecule has 3 nitrogen and oxygen atoms in total. The third-order valence-electron chi connectivity index (χ3n) is 2.96. The van der Waals surface area contributed by atoms with Crippen LogP contribution in [0.1, 0.15) is 34.7 Å². The van der Waals surface area contributed by atoms with Gasteiger partial charge in [0.2, 0.25) is 0 Å². The molecule has 17 heavy (non-hydrogen) atoms. The largest absolute Gasteiger partial charge is 0.323 e.